The Labute approximate surface area is 33.8 Å². The van der Waals surface area contributed by atoms with Crippen LogP contribution < -0.4 is 6.15 Å². The second kappa shape index (κ2) is 171. The van der Waals surface area contributed by atoms with Gasteiger partial charge in [-0.1, -0.05) is 0 Å². The summed E-state index contributed by atoms with van der Waals surface area (Å²) in [5, 5.41) is 0. The predicted molar refractivity (Wildman–Crippen MR) is 30.2 cm³/mol. The summed E-state index contributed by atoms with van der Waals surface area (Å²) < 4.78 is 0. The highest BCUT2D eigenvalue weighted by Gasteiger charge is -0.0138. The van der Waals surface area contributed by atoms with E-state index in [1.807, 2.05) is 0 Å². The lowest BCUT2D eigenvalue weighted by Crippen LogP contribution is -0.481. The van der Waals surface area contributed by atoms with Gasteiger partial charge in [-0.25, -0.2) is 0 Å². The van der Waals surface area contributed by atoms with Gasteiger partial charge < -0.3 is 6.15 Å². The predicted octanol–water partition coefficient (Wildman–Crippen LogP) is -2.59. The number of hydrogen-bond acceptors (Lipinski definition) is 1. The summed E-state index contributed by atoms with van der Waals surface area (Å²) in [6, 6.07) is 0. The third-order valence-electron chi connectivity index (χ3n) is 0. The average Bonchev–Trinajstić information content (AvgIpc) is 0. The van der Waals surface area contributed by atoms with Crippen molar-refractivity contribution in [3.8, 4) is 0 Å². The van der Waals surface area contributed by atoms with Gasteiger partial charge in [0.15, 0.2) is 0 Å². The summed E-state index contributed by atoms with van der Waals surface area (Å²) in [6.45, 7) is 0. The van der Waals surface area contributed by atoms with Gasteiger partial charge in [-0.2, -0.15) is 0 Å². The van der Waals surface area contributed by atoms with Crippen molar-refractivity contribution in [1.82, 2.24) is 6.15 Å². The molecule has 0 atom stereocenters. The molecule has 0 aliphatic heterocycles. The molecule has 4 heavy (non-hydrogen) atoms. The van der Waals surface area contributed by atoms with E-state index in [9.17, 15) is 0 Å². The standard InChI is InChI=1S/FH.H3N.2H4Si/h1H;1H3;2*1H4. The van der Waals surface area contributed by atoms with Crippen molar-refractivity contribution in [2.75, 3.05) is 0 Å². The summed E-state index contributed by atoms with van der Waals surface area (Å²) >= 11 is 0. The Morgan fingerprint density at radius 1 is 0.750 bits per heavy atom. The molecule has 4 heteroatoms. The summed E-state index contributed by atoms with van der Waals surface area (Å²) in [4.78, 5) is 0. The largest absolute Gasteiger partial charge is 0.344 e. The summed E-state index contributed by atoms with van der Waals surface area (Å²) in [5.41, 5.74) is 0. The van der Waals surface area contributed by atoms with Gasteiger partial charge in [0.2, 0.25) is 0 Å². The Kier molecular flexibility index (Phi) is 19500. The third kappa shape index (κ3) is 38.8. The van der Waals surface area contributed by atoms with E-state index in [4.69, 9.17) is 0 Å². The maximum absolute atomic E-state index is 0. The lowest BCUT2D eigenvalue weighted by atomic mass is 14.0. The monoisotopic (exact) mass is 101 g/mol. The highest BCUT2D eigenvalue weighted by molar-refractivity contribution is 5.76. The lowest BCUT2D eigenvalue weighted by Gasteiger charge is -0.344. The average molecular weight is 101 g/mol. The molecule has 0 saturated heterocycles. The Balaban J connectivity index is 0. The molecule has 0 saturated carbocycles. The molecule has 0 aliphatic carbocycles. The number of hydrogen-bond donors (Lipinski definition) is 1. The van der Waals surface area contributed by atoms with Crippen LogP contribution in [0.4, 0.5) is 4.70 Å². The van der Waals surface area contributed by atoms with Crippen LogP contribution in [0.1, 0.15) is 0 Å². The maximum atomic E-state index is 0. The topological polar surface area (TPSA) is 35.0 Å². The van der Waals surface area contributed by atoms with Crippen molar-refractivity contribution in [3.05, 3.63) is 0 Å². The first-order valence-electron chi connectivity index (χ1n) is 0. The van der Waals surface area contributed by atoms with Crippen LogP contribution in [0.2, 0.25) is 0 Å². The molecule has 3 N–H and O–H groups in total. The van der Waals surface area contributed by atoms with Gasteiger partial charge in [0.1, 0.15) is 0 Å². The van der Waals surface area contributed by atoms with Crippen LogP contribution in [-0.2, 0) is 0 Å². The van der Waals surface area contributed by atoms with E-state index in [1.165, 1.54) is 0 Å². The second-order valence-electron chi connectivity index (χ2n) is 0. The zero-order valence-corrected chi connectivity index (χ0v) is 1.12. The Bertz CT molecular complexity index is 6.00. The van der Waals surface area contributed by atoms with Crippen molar-refractivity contribution in [3.63, 3.8) is 0 Å². The quantitative estimate of drug-likeness (QED) is 0.334. The molecule has 0 radical (unpaired) electrons. The number of halogens is 1. The molecule has 0 aromatic rings. The fourth-order valence-electron chi connectivity index (χ4n) is 0. The van der Waals surface area contributed by atoms with Crippen LogP contribution in [0.15, 0.2) is 0 Å². The Morgan fingerprint density at radius 3 is 0.750 bits per heavy atom. The third-order valence-corrected chi connectivity index (χ3v) is 0. The SMILES string of the molecule is F.N.[SiH4].[SiH4]. The lowest BCUT2D eigenvalue weighted by molar-refractivity contribution is 1.11. The highest BCUT2D eigenvalue weighted by atomic mass is 28.1. The van der Waals surface area contributed by atoms with E-state index in [0.29, 0.717) is 0 Å². The smallest absolute Gasteiger partial charge is 0.0149 e. The van der Waals surface area contributed by atoms with Gasteiger partial charge in [-0.3, -0.25) is 4.70 Å². The van der Waals surface area contributed by atoms with Crippen molar-refractivity contribution >= 4 is 21.9 Å². The summed E-state index contributed by atoms with van der Waals surface area (Å²) in [6.07, 6.45) is 0. The van der Waals surface area contributed by atoms with Crippen molar-refractivity contribution in [2.45, 2.75) is 0 Å². The van der Waals surface area contributed by atoms with Crippen molar-refractivity contribution in [2.24, 2.45) is 0 Å². The van der Waals surface area contributed by atoms with Gasteiger partial charge in [-0.15, -0.1) is 0 Å². The molecule has 0 bridgehead atoms. The van der Waals surface area contributed by atoms with Crippen LogP contribution >= 0.6 is 0 Å². The molecule has 0 amide bonds. The van der Waals surface area contributed by atoms with E-state index in [1.54, 1.807) is 0 Å². The maximum Gasteiger partial charge on any atom is -0.0149 e. The molecule has 0 heterocycles. The molecule has 0 aliphatic rings. The fraction of sp³-hybridized carbons (Fsp3) is 0. The summed E-state index contributed by atoms with van der Waals surface area (Å²) in [7, 11) is 0. The number of rotatable bonds is 0. The minimum absolute atomic E-state index is 0. The molecule has 32 valence electrons. The van der Waals surface area contributed by atoms with Crippen LogP contribution in [-0.4, -0.2) is 21.9 Å². The van der Waals surface area contributed by atoms with Crippen LogP contribution in [0, 0.1) is 0 Å². The van der Waals surface area contributed by atoms with E-state index in [-0.39, 0.29) is 32.8 Å². The Hall–Kier alpha value is 0.324. The van der Waals surface area contributed by atoms with E-state index < -0.39 is 0 Å². The Morgan fingerprint density at radius 2 is 0.750 bits per heavy atom. The molecule has 0 spiro atoms. The summed E-state index contributed by atoms with van der Waals surface area (Å²) in [5.74, 6) is 0. The van der Waals surface area contributed by atoms with Gasteiger partial charge in [-0.05, 0) is 21.9 Å². The molecule has 1 nitrogen and oxygen atoms in total. The molecule has 0 unspecified atom stereocenters. The highest BCUT2D eigenvalue weighted by Crippen LogP contribution is 0.420. The van der Waals surface area contributed by atoms with Crippen molar-refractivity contribution < 1.29 is 4.70 Å². The molecule has 0 fully saturated rings. The van der Waals surface area contributed by atoms with E-state index in [2.05, 4.69) is 0 Å². The van der Waals surface area contributed by atoms with Gasteiger partial charge >= 0.3 is 0 Å². The van der Waals surface area contributed by atoms with Crippen LogP contribution in [0.25, 0.3) is 0 Å². The zero-order chi connectivity index (χ0) is 0. The van der Waals surface area contributed by atoms with Crippen LogP contribution in [0.3, 0.4) is 0 Å². The van der Waals surface area contributed by atoms with Gasteiger partial charge in [0.25, 0.3) is 0 Å². The molecule has 0 rings (SSSR count). The second-order valence-corrected chi connectivity index (χ2v) is 0. The minimum Gasteiger partial charge on any atom is -0.344 e. The molecular formula is H12FNSi2. The first kappa shape index (κ1) is 456. The minimum atomic E-state index is 0. The zero-order valence-electron chi connectivity index (χ0n) is 1.12. The first-order chi connectivity index (χ1) is 0. The van der Waals surface area contributed by atoms with E-state index >= 15 is 0 Å². The van der Waals surface area contributed by atoms with Gasteiger partial charge in [0.05, 0.1) is 0 Å². The molecule has 0 aromatic carbocycles. The van der Waals surface area contributed by atoms with Crippen LogP contribution in [0.5, 0.6) is 0 Å². The normalized spacial score (nSPS) is 0. The molecular weight excluding hydrogens is 89.2 g/mol. The molecule has 0 aromatic heterocycles. The first-order valence-corrected chi connectivity index (χ1v) is 0. The van der Waals surface area contributed by atoms with E-state index in [0.717, 1.165) is 0 Å². The van der Waals surface area contributed by atoms with Gasteiger partial charge in [0, 0.05) is 0 Å². The van der Waals surface area contributed by atoms with Crippen molar-refractivity contribution in [1.29, 1.82) is 0 Å². The fourth-order valence-corrected chi connectivity index (χ4v) is 0.